The number of nitrogens with zero attached hydrogens (tertiary/aromatic N) is 1. The lowest BCUT2D eigenvalue weighted by Gasteiger charge is -2.16. The number of carbonyl (C=O) groups is 1. The molecule has 6 nitrogen and oxygen atoms in total. The van der Waals surface area contributed by atoms with E-state index in [-0.39, 0.29) is 5.16 Å². The number of carbonyl (C=O) groups excluding carboxylic acids is 1. The van der Waals surface area contributed by atoms with Gasteiger partial charge in [-0.25, -0.2) is 4.79 Å². The highest BCUT2D eigenvalue weighted by Gasteiger charge is 2.35. The summed E-state index contributed by atoms with van der Waals surface area (Å²) in [6, 6.07) is 7.39. The number of benzene rings is 1. The number of unbranched alkanes of at least 4 members (excludes halogenated alkanes) is 3. The van der Waals surface area contributed by atoms with Crippen molar-refractivity contribution in [2.75, 3.05) is 0 Å². The Morgan fingerprint density at radius 1 is 1.41 bits per heavy atom. The molecule has 0 aliphatic carbocycles. The number of imidazole rings is 1. The molecular formula is C15H21N3O3S. The fourth-order valence-electron chi connectivity index (χ4n) is 2.30. The summed E-state index contributed by atoms with van der Waals surface area (Å²) in [6.07, 6.45) is 4.45. The van der Waals surface area contributed by atoms with Crippen molar-refractivity contribution in [2.24, 2.45) is 5.90 Å². The zero-order chi connectivity index (χ0) is 15.9. The van der Waals surface area contributed by atoms with Crippen LogP contribution in [0.25, 0.3) is 11.0 Å². The molecule has 2 aromatic rings. The number of hydrogen-bond donors (Lipinski definition) is 2. The minimum atomic E-state index is -1.61. The van der Waals surface area contributed by atoms with Gasteiger partial charge in [0.1, 0.15) is 0 Å². The van der Waals surface area contributed by atoms with Gasteiger partial charge in [-0.15, -0.1) is 0 Å². The van der Waals surface area contributed by atoms with Crippen LogP contribution in [0, 0.1) is 0 Å². The van der Waals surface area contributed by atoms with Gasteiger partial charge in [0.2, 0.25) is 5.25 Å². The molecule has 0 fully saturated rings. The van der Waals surface area contributed by atoms with Gasteiger partial charge in [-0.3, -0.25) is 4.98 Å². The number of para-hydroxylation sites is 2. The molecule has 120 valence electrons. The Morgan fingerprint density at radius 3 is 2.86 bits per heavy atom. The standard InChI is InChI=1S/C15H21N3O3S/c1-2-3-4-5-10-13(14(19)21-16)22(20)15-17-11-8-6-7-9-12(11)18-15/h6-9,13H,2-5,10,16H2,1H3,(H,17,18). The second-order valence-electron chi connectivity index (χ2n) is 5.13. The Bertz CT molecular complexity index is 584. The Morgan fingerprint density at radius 2 is 2.18 bits per heavy atom. The van der Waals surface area contributed by atoms with Crippen LogP contribution in [0.2, 0.25) is 0 Å². The van der Waals surface area contributed by atoms with Crippen LogP contribution in [0.15, 0.2) is 29.4 Å². The number of nitrogens with one attached hydrogen (secondary N) is 1. The summed E-state index contributed by atoms with van der Waals surface area (Å²) in [5.74, 6) is 4.32. The van der Waals surface area contributed by atoms with Crippen LogP contribution in [0.1, 0.15) is 39.0 Å². The lowest BCUT2D eigenvalue weighted by atomic mass is 10.1. The van der Waals surface area contributed by atoms with Crippen molar-refractivity contribution >= 4 is 28.2 Å². The maximum absolute atomic E-state index is 12.6. The molecule has 0 aliphatic rings. The number of hydrogen-bond acceptors (Lipinski definition) is 5. The number of fused-ring (bicyclic) bond motifs is 1. The molecule has 2 atom stereocenters. The summed E-state index contributed by atoms with van der Waals surface area (Å²) in [6.45, 7) is 2.11. The first kappa shape index (κ1) is 16.8. The first-order valence-corrected chi connectivity index (χ1v) is 8.64. The van der Waals surface area contributed by atoms with Gasteiger partial charge >= 0.3 is 11.1 Å². The zero-order valence-corrected chi connectivity index (χ0v) is 13.4. The van der Waals surface area contributed by atoms with E-state index in [0.29, 0.717) is 6.42 Å². The molecule has 3 N–H and O–H groups in total. The summed E-state index contributed by atoms with van der Waals surface area (Å²) in [5, 5.41) is -0.505. The third-order valence-corrected chi connectivity index (χ3v) is 5.03. The summed E-state index contributed by atoms with van der Waals surface area (Å²) in [4.78, 5) is 23.4. The molecule has 0 bridgehead atoms. The van der Waals surface area contributed by atoms with E-state index >= 15 is 0 Å². The third-order valence-electron chi connectivity index (χ3n) is 3.52. The van der Waals surface area contributed by atoms with Gasteiger partial charge < -0.3 is 9.39 Å². The lowest BCUT2D eigenvalue weighted by molar-refractivity contribution is -0.143. The highest BCUT2D eigenvalue weighted by molar-refractivity contribution is 7.92. The zero-order valence-electron chi connectivity index (χ0n) is 12.6. The van der Waals surface area contributed by atoms with Crippen LogP contribution in [-0.4, -0.2) is 25.7 Å². The van der Waals surface area contributed by atoms with E-state index in [1.807, 2.05) is 24.3 Å². The largest absolute Gasteiger partial charge is 0.608 e. The van der Waals surface area contributed by atoms with Crippen LogP contribution < -0.4 is 5.90 Å². The Hall–Kier alpha value is -1.57. The minimum absolute atomic E-state index is 0.284. The average Bonchev–Trinajstić information content (AvgIpc) is 2.98. The highest BCUT2D eigenvalue weighted by Crippen LogP contribution is 2.22. The van der Waals surface area contributed by atoms with E-state index in [0.717, 1.165) is 36.7 Å². The van der Waals surface area contributed by atoms with Crippen LogP contribution in [0.3, 0.4) is 0 Å². The maximum Gasteiger partial charge on any atom is 0.378 e. The van der Waals surface area contributed by atoms with E-state index in [1.54, 1.807) is 0 Å². The fourth-order valence-corrected chi connectivity index (χ4v) is 3.58. The number of aromatic amines is 1. The molecule has 1 heterocycles. The van der Waals surface area contributed by atoms with Crippen molar-refractivity contribution in [3.8, 4) is 0 Å². The quantitative estimate of drug-likeness (QED) is 0.441. The van der Waals surface area contributed by atoms with Gasteiger partial charge in [-0.2, -0.15) is 10.9 Å². The van der Waals surface area contributed by atoms with Crippen molar-refractivity contribution in [3.05, 3.63) is 24.3 Å². The summed E-state index contributed by atoms with van der Waals surface area (Å²) < 4.78 is 12.6. The van der Waals surface area contributed by atoms with Crippen LogP contribution in [-0.2, 0) is 20.8 Å². The molecule has 2 rings (SSSR count). The normalized spacial score (nSPS) is 14.0. The van der Waals surface area contributed by atoms with Crippen molar-refractivity contribution in [1.29, 1.82) is 0 Å². The Labute approximate surface area is 132 Å². The van der Waals surface area contributed by atoms with Crippen molar-refractivity contribution in [3.63, 3.8) is 0 Å². The van der Waals surface area contributed by atoms with Gasteiger partial charge in [0.25, 0.3) is 0 Å². The van der Waals surface area contributed by atoms with Crippen molar-refractivity contribution < 1.29 is 14.2 Å². The Kier molecular flexibility index (Phi) is 6.23. The topological polar surface area (TPSA) is 104 Å². The highest BCUT2D eigenvalue weighted by atomic mass is 32.2. The monoisotopic (exact) mass is 323 g/mol. The van der Waals surface area contributed by atoms with Gasteiger partial charge in [0, 0.05) is 17.6 Å². The first-order valence-electron chi connectivity index (χ1n) is 7.43. The molecule has 2 unspecified atom stereocenters. The number of aromatic nitrogens is 2. The smallest absolute Gasteiger partial charge is 0.378 e. The van der Waals surface area contributed by atoms with Crippen molar-refractivity contribution in [2.45, 2.75) is 49.4 Å². The molecule has 1 aromatic carbocycles. The SMILES string of the molecule is CCCCCCC(C(=O)ON)[S+]([O-])c1nc2ccccc2[nH]1. The second kappa shape index (κ2) is 8.17. The summed E-state index contributed by atoms with van der Waals surface area (Å²) in [5.41, 5.74) is 1.51. The molecule has 1 aromatic heterocycles. The lowest BCUT2D eigenvalue weighted by Crippen LogP contribution is -2.34. The average molecular weight is 323 g/mol. The molecule has 0 radical (unpaired) electrons. The molecule has 0 spiro atoms. The van der Waals surface area contributed by atoms with E-state index in [4.69, 9.17) is 5.90 Å². The predicted octanol–water partition coefficient (Wildman–Crippen LogP) is 2.43. The van der Waals surface area contributed by atoms with Crippen LogP contribution in [0.5, 0.6) is 0 Å². The van der Waals surface area contributed by atoms with Crippen LogP contribution >= 0.6 is 0 Å². The number of H-pyrrole nitrogens is 1. The summed E-state index contributed by atoms with van der Waals surface area (Å²) in [7, 11) is 0. The fraction of sp³-hybridized carbons (Fsp3) is 0.467. The van der Waals surface area contributed by atoms with Gasteiger partial charge in [0.15, 0.2) is 0 Å². The van der Waals surface area contributed by atoms with E-state index in [2.05, 4.69) is 21.7 Å². The number of nitrogens with two attached hydrogens (primary N) is 1. The van der Waals surface area contributed by atoms with Crippen LogP contribution in [0.4, 0.5) is 0 Å². The molecule has 0 saturated carbocycles. The molecular weight excluding hydrogens is 302 g/mol. The van der Waals surface area contributed by atoms with Gasteiger partial charge in [-0.1, -0.05) is 38.3 Å². The molecule has 7 heteroatoms. The molecule has 0 amide bonds. The van der Waals surface area contributed by atoms with E-state index < -0.39 is 22.4 Å². The molecule has 22 heavy (non-hydrogen) atoms. The maximum atomic E-state index is 12.6. The van der Waals surface area contributed by atoms with Gasteiger partial charge in [-0.05, 0) is 18.6 Å². The molecule has 0 aliphatic heterocycles. The van der Waals surface area contributed by atoms with Crippen molar-refractivity contribution in [1.82, 2.24) is 9.97 Å². The van der Waals surface area contributed by atoms with E-state index in [9.17, 15) is 9.35 Å². The first-order chi connectivity index (χ1) is 10.7. The predicted molar refractivity (Wildman–Crippen MR) is 85.3 cm³/mol. The minimum Gasteiger partial charge on any atom is -0.608 e. The third kappa shape index (κ3) is 4.00. The second-order valence-corrected chi connectivity index (χ2v) is 6.68. The van der Waals surface area contributed by atoms with E-state index in [1.165, 1.54) is 0 Å². The van der Waals surface area contributed by atoms with Gasteiger partial charge in [0.05, 0.1) is 11.0 Å². The molecule has 0 saturated heterocycles. The number of rotatable bonds is 8. The Balaban J connectivity index is 2.12. The summed E-state index contributed by atoms with van der Waals surface area (Å²) >= 11 is -1.61.